The van der Waals surface area contributed by atoms with Crippen LogP contribution in [0.5, 0.6) is 0 Å². The van der Waals surface area contributed by atoms with E-state index in [1.54, 1.807) is 0 Å². The summed E-state index contributed by atoms with van der Waals surface area (Å²) >= 11 is 0. The van der Waals surface area contributed by atoms with Gasteiger partial charge in [0, 0.05) is 33.5 Å². The first-order valence-corrected chi connectivity index (χ1v) is 13.6. The Kier molecular flexibility index (Phi) is 43.0. The van der Waals surface area contributed by atoms with Gasteiger partial charge in [0.05, 0.1) is 11.4 Å². The van der Waals surface area contributed by atoms with Crippen LogP contribution in [0.25, 0.3) is 11.4 Å². The van der Waals surface area contributed by atoms with Crippen LogP contribution in [0.4, 0.5) is 0 Å². The number of pyridine rings is 2. The van der Waals surface area contributed by atoms with Gasteiger partial charge in [-0.1, -0.05) is 90.9 Å². The van der Waals surface area contributed by atoms with Crippen molar-refractivity contribution in [1.29, 1.82) is 0 Å². The molecule has 0 unspecified atom stereocenters. The topological polar surface area (TPSA) is 105 Å². The summed E-state index contributed by atoms with van der Waals surface area (Å²) in [6.07, 6.45) is 25.2. The molecule has 2 aromatic heterocycles. The monoisotopic (exact) mass is 618 g/mol. The fourth-order valence-corrected chi connectivity index (χ4v) is 4.11. The Morgan fingerprint density at radius 2 is 0.769 bits per heavy atom. The zero-order valence-corrected chi connectivity index (χ0v) is 25.7. The molecule has 2 heterocycles. The minimum atomic E-state index is 0. The molecular weight excluding hydrogens is 572 g/mol. The molecule has 2 rings (SSSR count). The van der Waals surface area contributed by atoms with Crippen molar-refractivity contribution in [2.75, 3.05) is 0 Å². The normalized spacial score (nSPS) is 8.77. The molecule has 6 nitrogen and oxygen atoms in total. The summed E-state index contributed by atoms with van der Waals surface area (Å²) < 4.78 is 30.0. The van der Waals surface area contributed by atoms with Crippen LogP contribution in [-0.2, 0) is 52.5 Å². The molecule has 0 bridgehead atoms. The first kappa shape index (κ1) is 44.0. The van der Waals surface area contributed by atoms with Gasteiger partial charge < -0.3 is 0 Å². The predicted molar refractivity (Wildman–Crippen MR) is 147 cm³/mol. The Labute approximate surface area is 251 Å². The summed E-state index contributed by atoms with van der Waals surface area (Å²) in [7, 11) is 0. The predicted octanol–water partition coefficient (Wildman–Crippen LogP) is 8.58. The van der Waals surface area contributed by atoms with Gasteiger partial charge in [-0.3, -0.25) is 9.97 Å². The maximum Gasteiger partial charge on any atom is 0 e. The fraction of sp³-hybridized carbons (Fsp3) is 0.562. The SMILES string of the molecule is CCCCCCCCCc1ccnc(-c2cc(CCCCCCCCC)ccn2)c1.[C-]#[O+].[C-]#[O+].[C-]#[O+].[C-]#[O+].[Mo]. The molecule has 7 heteroatoms. The van der Waals surface area contributed by atoms with Crippen LogP contribution in [0.3, 0.4) is 0 Å². The molecule has 0 saturated heterocycles. The first-order valence-electron chi connectivity index (χ1n) is 13.6. The summed E-state index contributed by atoms with van der Waals surface area (Å²) in [5.41, 5.74) is 4.84. The van der Waals surface area contributed by atoms with Crippen molar-refractivity contribution in [1.82, 2.24) is 9.97 Å². The van der Waals surface area contributed by atoms with Crippen LogP contribution in [0, 0.1) is 26.6 Å². The van der Waals surface area contributed by atoms with Crippen molar-refractivity contribution < 1.29 is 39.7 Å². The van der Waals surface area contributed by atoms with Crippen LogP contribution < -0.4 is 0 Å². The van der Waals surface area contributed by atoms with Gasteiger partial charge in [0.15, 0.2) is 0 Å². The van der Waals surface area contributed by atoms with Gasteiger partial charge in [-0.05, 0) is 61.1 Å². The Bertz CT molecular complexity index is 782. The molecule has 0 aliphatic heterocycles. The third-order valence-electron chi connectivity index (χ3n) is 6.05. The molecule has 0 amide bonds. The minimum Gasteiger partial charge on any atom is 0 e. The Morgan fingerprint density at radius 3 is 1.08 bits per heavy atom. The van der Waals surface area contributed by atoms with Crippen molar-refractivity contribution in [3.8, 4) is 11.4 Å². The number of unbranched alkanes of at least 4 members (excludes halogenated alkanes) is 12. The molecule has 0 fully saturated rings. The van der Waals surface area contributed by atoms with Gasteiger partial charge in [-0.15, -0.1) is 0 Å². The van der Waals surface area contributed by atoms with E-state index < -0.39 is 0 Å². The van der Waals surface area contributed by atoms with Gasteiger partial charge in [-0.25, -0.2) is 0 Å². The van der Waals surface area contributed by atoms with Crippen LogP contribution in [-0.4, -0.2) is 9.97 Å². The van der Waals surface area contributed by atoms with Crippen molar-refractivity contribution in [3.63, 3.8) is 0 Å². The maximum atomic E-state index is 7.50. The molecular formula is C32H44MoN2O4. The summed E-state index contributed by atoms with van der Waals surface area (Å²) in [5, 5.41) is 0. The van der Waals surface area contributed by atoms with E-state index in [0.717, 1.165) is 24.2 Å². The Morgan fingerprint density at radius 1 is 0.487 bits per heavy atom. The quantitative estimate of drug-likeness (QED) is 0.0769. The van der Waals surface area contributed by atoms with E-state index in [-0.39, 0.29) is 21.1 Å². The van der Waals surface area contributed by atoms with Crippen LogP contribution in [0.1, 0.15) is 115 Å². The van der Waals surface area contributed by atoms with E-state index in [9.17, 15) is 0 Å². The van der Waals surface area contributed by atoms with Crippen molar-refractivity contribution in [3.05, 3.63) is 74.4 Å². The van der Waals surface area contributed by atoms with E-state index in [2.05, 4.69) is 74.7 Å². The molecule has 0 aromatic carbocycles. The minimum absolute atomic E-state index is 0. The van der Waals surface area contributed by atoms with Gasteiger partial charge in [-0.2, -0.15) is 0 Å². The number of nitrogens with zero attached hydrogens (tertiary/aromatic N) is 2. The fourth-order valence-electron chi connectivity index (χ4n) is 4.11. The molecule has 0 spiro atoms. The second-order valence-corrected chi connectivity index (χ2v) is 8.84. The molecule has 0 aliphatic rings. The largest absolute Gasteiger partial charge is 0 e. The average Bonchev–Trinajstić information content (AvgIpc) is 3.00. The molecule has 0 aliphatic carbocycles. The van der Waals surface area contributed by atoms with Crippen molar-refractivity contribution in [2.45, 2.75) is 117 Å². The first-order chi connectivity index (χ1) is 18.8. The van der Waals surface area contributed by atoms with Crippen LogP contribution in [0.15, 0.2) is 36.7 Å². The standard InChI is InChI=1S/C28H44N2.4CO.Mo/c1-3-5-7-9-11-13-15-17-25-19-21-29-27(23-25)28-24-26(20-22-30-28)18-16-14-12-10-8-6-4-2;4*1-2;/h19-24H,3-18H2,1-2H3;;;;;. The zero-order chi connectivity index (χ0) is 29.3. The molecule has 0 N–H and O–H groups in total. The van der Waals surface area contributed by atoms with Gasteiger partial charge >= 0.3 is 45.2 Å². The number of aryl methyl sites for hydroxylation is 2. The van der Waals surface area contributed by atoms with Crippen molar-refractivity contribution in [2.24, 2.45) is 0 Å². The second kappa shape index (κ2) is 38.1. The number of rotatable bonds is 17. The second-order valence-electron chi connectivity index (χ2n) is 8.84. The summed E-state index contributed by atoms with van der Waals surface area (Å²) in [6.45, 7) is 22.6. The van der Waals surface area contributed by atoms with Gasteiger partial charge in [0.1, 0.15) is 0 Å². The average molecular weight is 617 g/mol. The molecule has 2 aromatic rings. The Hall–Kier alpha value is -2.05. The van der Waals surface area contributed by atoms with Gasteiger partial charge in [0.2, 0.25) is 0 Å². The van der Waals surface area contributed by atoms with E-state index in [1.165, 1.54) is 101 Å². The van der Waals surface area contributed by atoms with Gasteiger partial charge in [0.25, 0.3) is 0 Å². The smallest absolute Gasteiger partial charge is 0 e. The zero-order valence-electron chi connectivity index (χ0n) is 23.7. The summed E-state index contributed by atoms with van der Waals surface area (Å²) in [4.78, 5) is 9.21. The molecule has 0 atom stereocenters. The third-order valence-corrected chi connectivity index (χ3v) is 6.05. The van der Waals surface area contributed by atoms with Crippen molar-refractivity contribution >= 4 is 0 Å². The maximum absolute atomic E-state index is 7.50. The third kappa shape index (κ3) is 26.0. The number of hydrogen-bond acceptors (Lipinski definition) is 2. The molecule has 0 radical (unpaired) electrons. The number of hydrogen-bond donors (Lipinski definition) is 0. The van der Waals surface area contributed by atoms with Crippen LogP contribution >= 0.6 is 0 Å². The summed E-state index contributed by atoms with van der Waals surface area (Å²) in [5.74, 6) is 0. The summed E-state index contributed by atoms with van der Waals surface area (Å²) in [6, 6.07) is 8.83. The van der Waals surface area contributed by atoms with E-state index in [1.807, 2.05) is 12.4 Å². The Balaban J connectivity index is -0.000000622. The van der Waals surface area contributed by atoms with E-state index >= 15 is 0 Å². The molecule has 39 heavy (non-hydrogen) atoms. The van der Waals surface area contributed by atoms with E-state index in [0.29, 0.717) is 0 Å². The number of aromatic nitrogens is 2. The molecule has 212 valence electrons. The van der Waals surface area contributed by atoms with Crippen LogP contribution in [0.2, 0.25) is 0 Å². The molecule has 0 saturated carbocycles. The van der Waals surface area contributed by atoms with E-state index in [4.69, 9.17) is 18.6 Å².